The zero-order valence-corrected chi connectivity index (χ0v) is 27.8. The van der Waals surface area contributed by atoms with E-state index in [1.54, 1.807) is 30.3 Å². The number of allylic oxidation sites excluding steroid dienone is 1. The first-order chi connectivity index (χ1) is 20.7. The lowest BCUT2D eigenvalue weighted by Gasteiger charge is -2.53. The largest absolute Gasteiger partial charge is 0.390 e. The highest BCUT2D eigenvalue weighted by molar-refractivity contribution is 7.92. The quantitative estimate of drug-likeness (QED) is 0.296. The minimum absolute atomic E-state index is 0.0105. The van der Waals surface area contributed by atoms with Gasteiger partial charge in [-0.3, -0.25) is 0 Å². The molecule has 246 valence electrons. The van der Waals surface area contributed by atoms with Gasteiger partial charge in [-0.25, -0.2) is 17.2 Å². The summed E-state index contributed by atoms with van der Waals surface area (Å²) in [4.78, 5) is 0.261. The predicted molar refractivity (Wildman–Crippen MR) is 170 cm³/mol. The number of halogens is 2. The van der Waals surface area contributed by atoms with Crippen LogP contribution in [-0.2, 0) is 9.84 Å². The van der Waals surface area contributed by atoms with Gasteiger partial charge in [0, 0.05) is 12.8 Å². The molecule has 5 aliphatic carbocycles. The van der Waals surface area contributed by atoms with Gasteiger partial charge in [0.1, 0.15) is 0 Å². The van der Waals surface area contributed by atoms with Crippen LogP contribution in [0.5, 0.6) is 0 Å². The number of hydrogen-bond donors (Lipinski definition) is 2. The molecule has 4 fully saturated rings. The molecule has 9 atom stereocenters. The minimum Gasteiger partial charge on any atom is -0.390 e. The summed E-state index contributed by atoms with van der Waals surface area (Å²) in [5.74, 6) is -0.482. The monoisotopic (exact) mass is 632 g/mol. The van der Waals surface area contributed by atoms with Crippen molar-refractivity contribution in [2.45, 2.75) is 144 Å². The third kappa shape index (κ3) is 5.85. The fourth-order valence-electron chi connectivity index (χ4n) is 11.1. The molecule has 1 aromatic carbocycles. The van der Waals surface area contributed by atoms with E-state index in [4.69, 9.17) is 0 Å². The van der Waals surface area contributed by atoms with Crippen molar-refractivity contribution < 1.29 is 27.4 Å². The summed E-state index contributed by atoms with van der Waals surface area (Å²) in [6, 6.07) is 8.55. The zero-order valence-electron chi connectivity index (χ0n) is 27.0. The van der Waals surface area contributed by atoms with Gasteiger partial charge in [0.2, 0.25) is 5.92 Å². The Labute approximate surface area is 264 Å². The van der Waals surface area contributed by atoms with E-state index in [0.717, 1.165) is 64.2 Å². The molecule has 1 aromatic rings. The summed E-state index contributed by atoms with van der Waals surface area (Å²) in [6.45, 7) is 6.59. The molecule has 4 nitrogen and oxygen atoms in total. The first-order valence-corrected chi connectivity index (χ1v) is 19.1. The van der Waals surface area contributed by atoms with E-state index in [2.05, 4.69) is 26.8 Å². The lowest BCUT2D eigenvalue weighted by molar-refractivity contribution is -0.108. The Morgan fingerprint density at radius 1 is 0.886 bits per heavy atom. The van der Waals surface area contributed by atoms with Crippen molar-refractivity contribution in [1.29, 1.82) is 0 Å². The Morgan fingerprint density at radius 3 is 2.27 bits per heavy atom. The number of benzene rings is 1. The molecular formula is C37H54F2O4S. The van der Waals surface area contributed by atoms with Crippen molar-refractivity contribution in [3.8, 4) is 0 Å². The summed E-state index contributed by atoms with van der Waals surface area (Å²) in [5, 5.41) is 21.9. The summed E-state index contributed by atoms with van der Waals surface area (Å²) in [6.07, 6.45) is 11.6. The number of fused-ring (bicyclic) bond motifs is 5. The molecule has 0 spiro atoms. The van der Waals surface area contributed by atoms with Crippen LogP contribution in [0.2, 0.25) is 0 Å². The number of rotatable bonds is 7. The first kappa shape index (κ1) is 32.6. The van der Waals surface area contributed by atoms with Crippen molar-refractivity contribution >= 4 is 9.84 Å². The summed E-state index contributed by atoms with van der Waals surface area (Å²) in [7, 11) is -3.81. The van der Waals surface area contributed by atoms with Crippen molar-refractivity contribution in [3.63, 3.8) is 0 Å². The smallest absolute Gasteiger partial charge is 0.248 e. The average Bonchev–Trinajstić information content (AvgIpc) is 3.25. The van der Waals surface area contributed by atoms with Crippen LogP contribution < -0.4 is 0 Å². The second-order valence-electron chi connectivity index (χ2n) is 16.0. The Hall–Kier alpha value is -1.31. The van der Waals surface area contributed by atoms with Gasteiger partial charge in [-0.2, -0.15) is 0 Å². The molecule has 0 saturated heterocycles. The Morgan fingerprint density at radius 2 is 1.59 bits per heavy atom. The Kier molecular flexibility index (Phi) is 8.70. The minimum atomic E-state index is -3.81. The van der Waals surface area contributed by atoms with Crippen LogP contribution in [0.3, 0.4) is 0 Å². The molecule has 0 aromatic heterocycles. The molecule has 0 bridgehead atoms. The van der Waals surface area contributed by atoms with E-state index in [9.17, 15) is 27.4 Å². The number of hydrogen-bond acceptors (Lipinski definition) is 4. The van der Waals surface area contributed by atoms with E-state index in [1.807, 2.05) is 0 Å². The van der Waals surface area contributed by atoms with E-state index < -0.39 is 45.1 Å². The first-order valence-electron chi connectivity index (χ1n) is 17.5. The topological polar surface area (TPSA) is 74.6 Å². The van der Waals surface area contributed by atoms with Crippen LogP contribution in [0, 0.1) is 40.9 Å². The molecular weight excluding hydrogens is 578 g/mol. The SMILES string of the molecule is CC[C@]1(O)CC[C@H]2C(=CCC[C@H]3[C@@H]2CC[C@]2(C)[C@@H]([C@H](C)C(CC4(O)CCC(F)(F)CC4)S(=O)(=O)c4ccccc4)CC[C@@H]32)C1. The molecule has 7 heteroatoms. The third-order valence-electron chi connectivity index (χ3n) is 13.8. The lowest BCUT2D eigenvalue weighted by atomic mass is 9.52. The van der Waals surface area contributed by atoms with Gasteiger partial charge in [0.05, 0.1) is 21.3 Å². The molecule has 4 saturated carbocycles. The number of aliphatic hydroxyl groups is 2. The van der Waals surface area contributed by atoms with Gasteiger partial charge in [-0.05, 0) is 137 Å². The predicted octanol–water partition coefficient (Wildman–Crippen LogP) is 8.52. The summed E-state index contributed by atoms with van der Waals surface area (Å²) >= 11 is 0. The highest BCUT2D eigenvalue weighted by atomic mass is 32.2. The van der Waals surface area contributed by atoms with Gasteiger partial charge in [0.15, 0.2) is 9.84 Å². The van der Waals surface area contributed by atoms with Crippen LogP contribution in [0.4, 0.5) is 8.78 Å². The fraction of sp³-hybridized carbons (Fsp3) is 0.784. The van der Waals surface area contributed by atoms with Crippen molar-refractivity contribution in [2.24, 2.45) is 40.9 Å². The van der Waals surface area contributed by atoms with E-state index in [-0.39, 0.29) is 41.4 Å². The summed E-state index contributed by atoms with van der Waals surface area (Å²) < 4.78 is 56.9. The normalized spacial score (nSPS) is 39.6. The number of alkyl halides is 2. The van der Waals surface area contributed by atoms with E-state index in [0.29, 0.717) is 23.7 Å². The highest BCUT2D eigenvalue weighted by Gasteiger charge is 2.59. The van der Waals surface area contributed by atoms with Gasteiger partial charge >= 0.3 is 0 Å². The fourth-order valence-corrected chi connectivity index (χ4v) is 13.3. The van der Waals surface area contributed by atoms with Crippen molar-refractivity contribution in [2.75, 3.05) is 0 Å². The van der Waals surface area contributed by atoms with Gasteiger partial charge < -0.3 is 10.2 Å². The maximum Gasteiger partial charge on any atom is 0.248 e. The van der Waals surface area contributed by atoms with Crippen molar-refractivity contribution in [1.82, 2.24) is 0 Å². The second kappa shape index (κ2) is 11.7. The molecule has 5 aliphatic rings. The van der Waals surface area contributed by atoms with Gasteiger partial charge in [-0.1, -0.05) is 50.6 Å². The van der Waals surface area contributed by atoms with Gasteiger partial charge in [-0.15, -0.1) is 0 Å². The van der Waals surface area contributed by atoms with Crippen LogP contribution >= 0.6 is 0 Å². The third-order valence-corrected chi connectivity index (χ3v) is 16.1. The van der Waals surface area contributed by atoms with Gasteiger partial charge in [0.25, 0.3) is 0 Å². The molecule has 0 radical (unpaired) electrons. The van der Waals surface area contributed by atoms with Crippen LogP contribution in [0.15, 0.2) is 46.9 Å². The molecule has 6 rings (SSSR count). The molecule has 0 amide bonds. The zero-order chi connectivity index (χ0) is 31.5. The van der Waals surface area contributed by atoms with Crippen LogP contribution in [0.1, 0.15) is 117 Å². The Bertz CT molecular complexity index is 1320. The van der Waals surface area contributed by atoms with E-state index >= 15 is 0 Å². The number of sulfone groups is 1. The summed E-state index contributed by atoms with van der Waals surface area (Å²) in [5.41, 5.74) is -0.461. The molecule has 1 unspecified atom stereocenters. The molecule has 44 heavy (non-hydrogen) atoms. The maximum absolute atomic E-state index is 14.4. The van der Waals surface area contributed by atoms with Crippen LogP contribution in [-0.4, -0.2) is 41.0 Å². The Balaban J connectivity index is 1.27. The highest BCUT2D eigenvalue weighted by Crippen LogP contribution is 2.65. The van der Waals surface area contributed by atoms with Crippen LogP contribution in [0.25, 0.3) is 0 Å². The maximum atomic E-state index is 14.4. The lowest BCUT2D eigenvalue weighted by Crippen LogP contribution is -2.49. The standard InChI is InChI=1S/C37H54F2O4S/c1-4-35(40)18-16-28-26(23-35)9-8-12-30-29(28)15-17-34(3)31(13-14-32(30)34)25(2)33(44(42,43)27-10-6-5-7-11-27)24-36(41)19-21-37(38,39)22-20-36/h5-7,9-11,25,28-33,40-41H,4,8,12-24H2,1-3H3/t25-,28-,29+,30-,31+,32-,33?,34+,35-/m0/s1. The second-order valence-corrected chi connectivity index (χ2v) is 18.1. The molecule has 0 aliphatic heterocycles. The van der Waals surface area contributed by atoms with Crippen molar-refractivity contribution in [3.05, 3.63) is 42.0 Å². The molecule has 2 N–H and O–H groups in total. The van der Waals surface area contributed by atoms with E-state index in [1.165, 1.54) is 5.57 Å². The molecule has 0 heterocycles. The average molecular weight is 633 g/mol.